The van der Waals surface area contributed by atoms with Crippen molar-refractivity contribution in [2.24, 2.45) is 0 Å². The summed E-state index contributed by atoms with van der Waals surface area (Å²) >= 11 is 0. The molecule has 3 heterocycles. The summed E-state index contributed by atoms with van der Waals surface area (Å²) in [6.45, 7) is 4.06. The Hall–Kier alpha value is -2.60. The number of ether oxygens (including phenoxy) is 3. The van der Waals surface area contributed by atoms with Gasteiger partial charge in [-0.3, -0.25) is 9.78 Å². The summed E-state index contributed by atoms with van der Waals surface area (Å²) in [4.78, 5) is 16.7. The van der Waals surface area contributed by atoms with Crippen LogP contribution in [0.2, 0.25) is 0 Å². The zero-order valence-electron chi connectivity index (χ0n) is 14.8. The number of carbonyl (C=O) groups excluding carboxylic acids is 1. The molecule has 6 heteroatoms. The van der Waals surface area contributed by atoms with Crippen LogP contribution in [0.1, 0.15) is 34.5 Å². The van der Waals surface area contributed by atoms with Crippen molar-refractivity contribution in [2.45, 2.75) is 25.2 Å². The van der Waals surface area contributed by atoms with E-state index < -0.39 is 0 Å². The van der Waals surface area contributed by atoms with E-state index in [0.29, 0.717) is 25.3 Å². The second-order valence-electron chi connectivity index (χ2n) is 6.83. The van der Waals surface area contributed by atoms with Crippen LogP contribution in [0.25, 0.3) is 0 Å². The van der Waals surface area contributed by atoms with E-state index in [0.717, 1.165) is 35.6 Å². The van der Waals surface area contributed by atoms with E-state index in [9.17, 15) is 4.79 Å². The maximum absolute atomic E-state index is 12.5. The second-order valence-corrected chi connectivity index (χ2v) is 6.83. The van der Waals surface area contributed by atoms with Crippen LogP contribution in [0.3, 0.4) is 0 Å². The topological polar surface area (TPSA) is 69.7 Å². The summed E-state index contributed by atoms with van der Waals surface area (Å²) in [7, 11) is 0. The Morgan fingerprint density at radius 1 is 1.15 bits per heavy atom. The molecule has 0 spiro atoms. The highest BCUT2D eigenvalue weighted by molar-refractivity contribution is 5.93. The normalized spacial score (nSPS) is 17.7. The van der Waals surface area contributed by atoms with Gasteiger partial charge >= 0.3 is 0 Å². The van der Waals surface area contributed by atoms with Crippen molar-refractivity contribution in [1.82, 2.24) is 10.3 Å². The number of aromatic nitrogens is 1. The number of hydrogen-bond donors (Lipinski definition) is 1. The number of benzene rings is 1. The van der Waals surface area contributed by atoms with E-state index in [1.165, 1.54) is 0 Å². The standard InChI is InChI=1S/C20H22N2O4/c1-14-2-3-15(11-21-14)19(23)22-12-20(6-8-24-9-7-20)16-4-5-17-18(10-16)26-13-25-17/h2-5,10-11H,6-9,12-13H2,1H3,(H,22,23). The number of pyridine rings is 1. The molecule has 0 atom stereocenters. The molecule has 4 rings (SSSR count). The number of aryl methyl sites for hydroxylation is 1. The number of carbonyl (C=O) groups is 1. The molecule has 0 bridgehead atoms. The number of nitrogens with one attached hydrogen (secondary N) is 1. The number of nitrogens with zero attached hydrogens (tertiary/aromatic N) is 1. The highest BCUT2D eigenvalue weighted by Crippen LogP contribution is 2.40. The van der Waals surface area contributed by atoms with Gasteiger partial charge in [-0.1, -0.05) is 6.07 Å². The van der Waals surface area contributed by atoms with E-state index in [-0.39, 0.29) is 18.1 Å². The van der Waals surface area contributed by atoms with E-state index in [1.54, 1.807) is 12.3 Å². The van der Waals surface area contributed by atoms with Crippen molar-refractivity contribution in [2.75, 3.05) is 26.6 Å². The van der Waals surface area contributed by atoms with E-state index in [2.05, 4.69) is 16.4 Å². The lowest BCUT2D eigenvalue weighted by molar-refractivity contribution is 0.0486. The average Bonchev–Trinajstić information content (AvgIpc) is 3.15. The fourth-order valence-electron chi connectivity index (χ4n) is 3.51. The van der Waals surface area contributed by atoms with Gasteiger partial charge in [0.15, 0.2) is 11.5 Å². The maximum atomic E-state index is 12.5. The Labute approximate surface area is 152 Å². The smallest absolute Gasteiger partial charge is 0.252 e. The van der Waals surface area contributed by atoms with Gasteiger partial charge in [0.2, 0.25) is 6.79 Å². The lowest BCUT2D eigenvalue weighted by atomic mass is 9.74. The van der Waals surface area contributed by atoms with Crippen molar-refractivity contribution in [3.05, 3.63) is 53.3 Å². The third kappa shape index (κ3) is 3.24. The van der Waals surface area contributed by atoms with Crippen LogP contribution in [0.15, 0.2) is 36.5 Å². The molecule has 1 aromatic heterocycles. The highest BCUT2D eigenvalue weighted by atomic mass is 16.7. The Balaban J connectivity index is 1.55. The monoisotopic (exact) mass is 354 g/mol. The molecule has 26 heavy (non-hydrogen) atoms. The van der Waals surface area contributed by atoms with Crippen LogP contribution >= 0.6 is 0 Å². The Kier molecular flexibility index (Phi) is 4.51. The Morgan fingerprint density at radius 2 is 1.96 bits per heavy atom. The zero-order chi connectivity index (χ0) is 18.0. The van der Waals surface area contributed by atoms with Crippen LogP contribution in [0.4, 0.5) is 0 Å². The molecule has 0 saturated carbocycles. The van der Waals surface area contributed by atoms with Crippen molar-refractivity contribution in [1.29, 1.82) is 0 Å². The Morgan fingerprint density at radius 3 is 2.73 bits per heavy atom. The first kappa shape index (κ1) is 16.8. The third-order valence-electron chi connectivity index (χ3n) is 5.20. The summed E-state index contributed by atoms with van der Waals surface area (Å²) in [6.07, 6.45) is 3.31. The molecule has 1 N–H and O–H groups in total. The number of amides is 1. The van der Waals surface area contributed by atoms with Crippen molar-refractivity contribution in [3.8, 4) is 11.5 Å². The van der Waals surface area contributed by atoms with Gasteiger partial charge in [0, 0.05) is 37.1 Å². The van der Waals surface area contributed by atoms with Crippen LogP contribution < -0.4 is 14.8 Å². The lowest BCUT2D eigenvalue weighted by Crippen LogP contribution is -2.44. The van der Waals surface area contributed by atoms with Gasteiger partial charge in [-0.25, -0.2) is 0 Å². The van der Waals surface area contributed by atoms with Crippen molar-refractivity contribution in [3.63, 3.8) is 0 Å². The van der Waals surface area contributed by atoms with Gasteiger partial charge in [-0.05, 0) is 49.6 Å². The summed E-state index contributed by atoms with van der Waals surface area (Å²) in [5, 5.41) is 3.09. The van der Waals surface area contributed by atoms with Gasteiger partial charge in [0.05, 0.1) is 5.56 Å². The molecule has 6 nitrogen and oxygen atoms in total. The third-order valence-corrected chi connectivity index (χ3v) is 5.20. The van der Waals surface area contributed by atoms with Crippen molar-refractivity contribution < 1.29 is 19.0 Å². The average molecular weight is 354 g/mol. The second kappa shape index (κ2) is 6.96. The van der Waals surface area contributed by atoms with Crippen LogP contribution in [-0.2, 0) is 10.2 Å². The molecule has 2 aliphatic heterocycles. The number of fused-ring (bicyclic) bond motifs is 1. The highest BCUT2D eigenvalue weighted by Gasteiger charge is 2.36. The van der Waals surface area contributed by atoms with Crippen LogP contribution in [0.5, 0.6) is 11.5 Å². The molecule has 0 radical (unpaired) electrons. The Bertz CT molecular complexity index is 798. The minimum absolute atomic E-state index is 0.107. The molecule has 0 unspecified atom stereocenters. The van der Waals surface area contributed by atoms with E-state index >= 15 is 0 Å². The number of hydrogen-bond acceptors (Lipinski definition) is 5. The van der Waals surface area contributed by atoms with E-state index in [1.807, 2.05) is 25.1 Å². The predicted molar refractivity (Wildman–Crippen MR) is 95.6 cm³/mol. The molecule has 2 aromatic rings. The van der Waals surface area contributed by atoms with Gasteiger partial charge in [-0.15, -0.1) is 0 Å². The molecule has 1 amide bonds. The summed E-state index contributed by atoms with van der Waals surface area (Å²) in [6, 6.07) is 9.69. The molecule has 1 aromatic carbocycles. The lowest BCUT2D eigenvalue weighted by Gasteiger charge is -2.38. The largest absolute Gasteiger partial charge is 0.454 e. The SMILES string of the molecule is Cc1ccc(C(=O)NCC2(c3ccc4c(c3)OCO4)CCOCC2)cn1. The van der Waals surface area contributed by atoms with Crippen LogP contribution in [-0.4, -0.2) is 37.4 Å². The molecule has 2 aliphatic rings. The molecule has 0 aliphatic carbocycles. The summed E-state index contributed by atoms with van der Waals surface area (Å²) < 4.78 is 16.5. The van der Waals surface area contributed by atoms with Crippen molar-refractivity contribution >= 4 is 5.91 Å². The van der Waals surface area contributed by atoms with Gasteiger partial charge < -0.3 is 19.5 Å². The molecule has 1 fully saturated rings. The molecule has 136 valence electrons. The van der Waals surface area contributed by atoms with Gasteiger partial charge in [0.25, 0.3) is 5.91 Å². The maximum Gasteiger partial charge on any atom is 0.252 e. The summed E-state index contributed by atoms with van der Waals surface area (Å²) in [5.41, 5.74) is 2.44. The molecular weight excluding hydrogens is 332 g/mol. The first-order chi connectivity index (χ1) is 12.7. The zero-order valence-corrected chi connectivity index (χ0v) is 14.8. The summed E-state index contributed by atoms with van der Waals surface area (Å²) in [5.74, 6) is 1.43. The molecular formula is C20H22N2O4. The van der Waals surface area contributed by atoms with E-state index in [4.69, 9.17) is 14.2 Å². The molecule has 1 saturated heterocycles. The quantitative estimate of drug-likeness (QED) is 0.914. The predicted octanol–water partition coefficient (Wildman–Crippen LogP) is 2.60. The minimum atomic E-state index is -0.174. The van der Waals surface area contributed by atoms with Gasteiger partial charge in [0.1, 0.15) is 0 Å². The minimum Gasteiger partial charge on any atom is -0.454 e. The fraction of sp³-hybridized carbons (Fsp3) is 0.400. The van der Waals surface area contributed by atoms with Gasteiger partial charge in [-0.2, -0.15) is 0 Å². The van der Waals surface area contributed by atoms with Crippen LogP contribution in [0, 0.1) is 6.92 Å². The number of rotatable bonds is 4. The first-order valence-electron chi connectivity index (χ1n) is 8.85. The fourth-order valence-corrected chi connectivity index (χ4v) is 3.51. The first-order valence-corrected chi connectivity index (χ1v) is 8.85.